The number of nitrogens with two attached hydrogens (primary N) is 1. The second kappa shape index (κ2) is 8.12. The number of nitrogens with zero attached hydrogens (tertiary/aromatic N) is 1. The summed E-state index contributed by atoms with van der Waals surface area (Å²) < 4.78 is 0. The summed E-state index contributed by atoms with van der Waals surface area (Å²) in [5.74, 6) is -0.560. The molecule has 1 aliphatic rings. The van der Waals surface area contributed by atoms with E-state index in [2.05, 4.69) is 15.6 Å². The van der Waals surface area contributed by atoms with Gasteiger partial charge in [0.05, 0.1) is 23.6 Å². The van der Waals surface area contributed by atoms with Gasteiger partial charge in [0.25, 0.3) is 5.91 Å². The number of carbonyl (C=O) groups is 1. The molecule has 0 aromatic carbocycles. The molecule has 0 spiro atoms. The van der Waals surface area contributed by atoms with Gasteiger partial charge in [0.15, 0.2) is 0 Å². The minimum atomic E-state index is -0.703. The van der Waals surface area contributed by atoms with Gasteiger partial charge in [-0.1, -0.05) is 18.5 Å². The Labute approximate surface area is 145 Å². The zero-order chi connectivity index (χ0) is 17.7. The molecular formula is C16H22ClN5O2. The number of hydrogen-bond donors (Lipinski definition) is 5. The number of carbonyl (C=O) groups excluding carboxylic acids is 1. The highest BCUT2D eigenvalue weighted by Crippen LogP contribution is 2.24. The van der Waals surface area contributed by atoms with Crippen LogP contribution >= 0.6 is 11.6 Å². The van der Waals surface area contributed by atoms with E-state index in [0.29, 0.717) is 23.7 Å². The van der Waals surface area contributed by atoms with Gasteiger partial charge in [-0.25, -0.2) is 4.98 Å². The second-order valence-electron chi connectivity index (χ2n) is 6.01. The highest BCUT2D eigenvalue weighted by molar-refractivity contribution is 6.29. The molecular weight excluding hydrogens is 330 g/mol. The lowest BCUT2D eigenvalue weighted by molar-refractivity contribution is -0.114. The van der Waals surface area contributed by atoms with Crippen molar-refractivity contribution < 1.29 is 9.90 Å². The van der Waals surface area contributed by atoms with Crippen LogP contribution in [-0.2, 0) is 4.79 Å². The summed E-state index contributed by atoms with van der Waals surface area (Å²) in [5.41, 5.74) is 5.96. The zero-order valence-corrected chi connectivity index (χ0v) is 14.2. The van der Waals surface area contributed by atoms with Gasteiger partial charge in [-0.2, -0.15) is 0 Å². The first kappa shape index (κ1) is 18.2. The maximum absolute atomic E-state index is 11.6. The topological polar surface area (TPSA) is 124 Å². The van der Waals surface area contributed by atoms with Crippen molar-refractivity contribution in [2.45, 2.75) is 38.3 Å². The quantitative estimate of drug-likeness (QED) is 0.239. The number of amides is 1. The summed E-state index contributed by atoms with van der Waals surface area (Å²) in [6.07, 6.45) is 4.90. The molecule has 0 radical (unpaired) electrons. The van der Waals surface area contributed by atoms with E-state index in [1.54, 1.807) is 12.1 Å². The van der Waals surface area contributed by atoms with Crippen LogP contribution in [-0.4, -0.2) is 34.0 Å². The molecule has 1 saturated carbocycles. The summed E-state index contributed by atoms with van der Waals surface area (Å²) in [6, 6.07) is 3.37. The van der Waals surface area contributed by atoms with Crippen LogP contribution in [0, 0.1) is 11.3 Å². The second-order valence-corrected chi connectivity index (χ2v) is 6.40. The number of aromatic nitrogens is 1. The first-order chi connectivity index (χ1) is 11.4. The fourth-order valence-electron chi connectivity index (χ4n) is 2.73. The molecule has 0 saturated heterocycles. The number of aliphatic hydroxyl groups is 1. The molecule has 1 aliphatic carbocycles. The van der Waals surface area contributed by atoms with Crippen LogP contribution in [0.5, 0.6) is 0 Å². The molecule has 8 heteroatoms. The molecule has 1 aromatic rings. The molecule has 130 valence electrons. The number of primary amides is 1. The minimum absolute atomic E-state index is 0.0447. The Morgan fingerprint density at radius 2 is 2.25 bits per heavy atom. The number of rotatable bonds is 5. The standard InChI is InChI=1S/C16H22ClN5O2/c1-9-6-11(23)3-4-13(9)20-8-12(16(19)24)15(18)22-10-2-5-14(17)21-7-10/h2,5,7-9,11,13,20,23H,3-4,6H2,1H3,(H2,18,22)(H2,19,24)/b12-8+/t9-,11-,13-/m0/s1. The van der Waals surface area contributed by atoms with E-state index in [4.69, 9.17) is 22.7 Å². The van der Waals surface area contributed by atoms with Crippen molar-refractivity contribution in [1.82, 2.24) is 10.3 Å². The van der Waals surface area contributed by atoms with Crippen LogP contribution in [0.1, 0.15) is 26.2 Å². The van der Waals surface area contributed by atoms with E-state index in [0.717, 1.165) is 6.42 Å². The molecule has 24 heavy (non-hydrogen) atoms. The fourth-order valence-corrected chi connectivity index (χ4v) is 2.85. The van der Waals surface area contributed by atoms with E-state index in [1.165, 1.54) is 12.4 Å². The van der Waals surface area contributed by atoms with Crippen molar-refractivity contribution in [3.63, 3.8) is 0 Å². The van der Waals surface area contributed by atoms with Crippen LogP contribution in [0.25, 0.3) is 0 Å². The van der Waals surface area contributed by atoms with E-state index in [-0.39, 0.29) is 29.5 Å². The zero-order valence-electron chi connectivity index (χ0n) is 13.4. The molecule has 1 fully saturated rings. The number of pyridine rings is 1. The van der Waals surface area contributed by atoms with Gasteiger partial charge in [0.2, 0.25) is 0 Å². The Morgan fingerprint density at radius 3 is 2.83 bits per heavy atom. The van der Waals surface area contributed by atoms with Gasteiger partial charge in [0.1, 0.15) is 11.0 Å². The average Bonchev–Trinajstić information content (AvgIpc) is 2.51. The van der Waals surface area contributed by atoms with E-state index in [1.807, 2.05) is 6.92 Å². The minimum Gasteiger partial charge on any atom is -0.393 e. The maximum atomic E-state index is 11.6. The Kier molecular flexibility index (Phi) is 6.16. The lowest BCUT2D eigenvalue weighted by Crippen LogP contribution is -2.39. The van der Waals surface area contributed by atoms with Crippen molar-refractivity contribution in [2.24, 2.45) is 11.7 Å². The van der Waals surface area contributed by atoms with Gasteiger partial charge < -0.3 is 21.5 Å². The number of nitrogens with one attached hydrogen (secondary N) is 3. The smallest absolute Gasteiger partial charge is 0.253 e. The van der Waals surface area contributed by atoms with Crippen LogP contribution < -0.4 is 16.4 Å². The molecule has 0 bridgehead atoms. The first-order valence-corrected chi connectivity index (χ1v) is 8.16. The Balaban J connectivity index is 2.03. The Hall–Kier alpha value is -2.12. The number of halogens is 1. The molecule has 1 aromatic heterocycles. The summed E-state index contributed by atoms with van der Waals surface area (Å²) in [7, 11) is 0. The Bertz CT molecular complexity index is 632. The molecule has 7 nitrogen and oxygen atoms in total. The molecule has 0 unspecified atom stereocenters. The highest BCUT2D eigenvalue weighted by atomic mass is 35.5. The predicted octanol–water partition coefficient (Wildman–Crippen LogP) is 1.63. The lowest BCUT2D eigenvalue weighted by atomic mass is 9.84. The van der Waals surface area contributed by atoms with Crippen LogP contribution in [0.2, 0.25) is 5.15 Å². The third-order valence-electron chi connectivity index (χ3n) is 4.11. The van der Waals surface area contributed by atoms with Crippen LogP contribution in [0.3, 0.4) is 0 Å². The highest BCUT2D eigenvalue weighted by Gasteiger charge is 2.26. The first-order valence-electron chi connectivity index (χ1n) is 7.78. The van der Waals surface area contributed by atoms with Crippen LogP contribution in [0.4, 0.5) is 5.69 Å². The van der Waals surface area contributed by atoms with Crippen molar-refractivity contribution >= 4 is 29.0 Å². The van der Waals surface area contributed by atoms with Crippen molar-refractivity contribution in [3.8, 4) is 0 Å². The third-order valence-corrected chi connectivity index (χ3v) is 4.34. The van der Waals surface area contributed by atoms with E-state index in [9.17, 15) is 9.90 Å². The number of anilines is 1. The predicted molar refractivity (Wildman–Crippen MR) is 93.8 cm³/mol. The summed E-state index contributed by atoms with van der Waals surface area (Å²) in [6.45, 7) is 2.04. The average molecular weight is 352 g/mol. The summed E-state index contributed by atoms with van der Waals surface area (Å²) in [5, 5.41) is 24.0. The van der Waals surface area contributed by atoms with Gasteiger partial charge >= 0.3 is 0 Å². The third kappa shape index (κ3) is 4.94. The maximum Gasteiger partial charge on any atom is 0.253 e. The lowest BCUT2D eigenvalue weighted by Gasteiger charge is -2.32. The SMILES string of the molecule is C[C@H]1C[C@@H](O)CC[C@@H]1N/C=C(\C(=N)Nc1ccc(Cl)nc1)C(N)=O. The van der Waals surface area contributed by atoms with Gasteiger partial charge in [0, 0.05) is 12.2 Å². The van der Waals surface area contributed by atoms with Gasteiger partial charge in [-0.15, -0.1) is 0 Å². The normalized spacial score (nSPS) is 24.3. The summed E-state index contributed by atoms with van der Waals surface area (Å²) in [4.78, 5) is 15.6. The Morgan fingerprint density at radius 1 is 1.50 bits per heavy atom. The monoisotopic (exact) mass is 351 g/mol. The molecule has 1 amide bonds. The van der Waals surface area contributed by atoms with Crippen molar-refractivity contribution in [1.29, 1.82) is 5.41 Å². The van der Waals surface area contributed by atoms with Gasteiger partial charge in [-0.05, 0) is 37.3 Å². The largest absolute Gasteiger partial charge is 0.393 e. The molecule has 2 rings (SSSR count). The summed E-state index contributed by atoms with van der Waals surface area (Å²) >= 11 is 5.71. The molecule has 6 N–H and O–H groups in total. The molecule has 1 heterocycles. The van der Waals surface area contributed by atoms with Gasteiger partial charge in [-0.3, -0.25) is 10.2 Å². The number of hydrogen-bond acceptors (Lipinski definition) is 5. The number of amidine groups is 1. The number of aliphatic hydroxyl groups excluding tert-OH is 1. The fraction of sp³-hybridized carbons (Fsp3) is 0.438. The molecule has 3 atom stereocenters. The van der Waals surface area contributed by atoms with Crippen molar-refractivity contribution in [2.75, 3.05) is 5.32 Å². The van der Waals surface area contributed by atoms with E-state index < -0.39 is 5.91 Å². The molecule has 0 aliphatic heterocycles. The van der Waals surface area contributed by atoms with Crippen LogP contribution in [0.15, 0.2) is 30.1 Å². The van der Waals surface area contributed by atoms with Crippen molar-refractivity contribution in [3.05, 3.63) is 35.3 Å². The van der Waals surface area contributed by atoms with E-state index >= 15 is 0 Å².